The second kappa shape index (κ2) is 6.33. The van der Waals surface area contributed by atoms with E-state index in [2.05, 4.69) is 12.2 Å². The molecule has 20 heavy (non-hydrogen) atoms. The van der Waals surface area contributed by atoms with Gasteiger partial charge in [0.25, 0.3) is 0 Å². The zero-order valence-corrected chi connectivity index (χ0v) is 12.3. The number of hydrogen-bond acceptors (Lipinski definition) is 2. The summed E-state index contributed by atoms with van der Waals surface area (Å²) < 4.78 is 43.7. The molecule has 0 bridgehead atoms. The van der Waals surface area contributed by atoms with Gasteiger partial charge in [-0.15, -0.1) is 12.4 Å². The van der Waals surface area contributed by atoms with Crippen LogP contribution in [-0.4, -0.2) is 18.9 Å². The first-order valence-corrected chi connectivity index (χ1v) is 6.34. The van der Waals surface area contributed by atoms with Gasteiger partial charge in [0.15, 0.2) is 0 Å². The summed E-state index contributed by atoms with van der Waals surface area (Å²) in [5.41, 5.74) is -0.575. The van der Waals surface area contributed by atoms with Crippen LogP contribution in [0.1, 0.15) is 25.0 Å². The standard InChI is InChI=1S/C14H18F3NO.ClH/c1-10-8-18-13(2,19-9-10)7-11-4-3-5-12(6-11)14(15,16)17;/h3-6,10,18H,7-9H2,1-2H3;1H. The molecule has 1 N–H and O–H groups in total. The molecule has 1 fully saturated rings. The van der Waals surface area contributed by atoms with E-state index in [1.807, 2.05) is 6.92 Å². The minimum Gasteiger partial charge on any atom is -0.360 e. The van der Waals surface area contributed by atoms with Crippen molar-refractivity contribution in [3.8, 4) is 0 Å². The molecule has 0 aliphatic carbocycles. The van der Waals surface area contributed by atoms with Crippen molar-refractivity contribution in [2.45, 2.75) is 32.2 Å². The van der Waals surface area contributed by atoms with E-state index in [1.54, 1.807) is 6.07 Å². The van der Waals surface area contributed by atoms with Gasteiger partial charge in [0.2, 0.25) is 0 Å². The van der Waals surface area contributed by atoms with Crippen LogP contribution in [0.15, 0.2) is 24.3 Å². The molecule has 2 nitrogen and oxygen atoms in total. The zero-order chi connectivity index (χ0) is 14.1. The number of ether oxygens (including phenoxy) is 1. The number of benzene rings is 1. The van der Waals surface area contributed by atoms with Gasteiger partial charge >= 0.3 is 6.18 Å². The summed E-state index contributed by atoms with van der Waals surface area (Å²) in [5, 5.41) is 3.25. The smallest absolute Gasteiger partial charge is 0.360 e. The van der Waals surface area contributed by atoms with Gasteiger partial charge in [-0.3, -0.25) is 5.32 Å². The zero-order valence-electron chi connectivity index (χ0n) is 11.5. The van der Waals surface area contributed by atoms with Crippen molar-refractivity contribution in [3.05, 3.63) is 35.4 Å². The van der Waals surface area contributed by atoms with Crippen molar-refractivity contribution in [3.63, 3.8) is 0 Å². The minimum atomic E-state index is -4.30. The van der Waals surface area contributed by atoms with Crippen LogP contribution in [-0.2, 0) is 17.3 Å². The first-order valence-electron chi connectivity index (χ1n) is 6.34. The summed E-state index contributed by atoms with van der Waals surface area (Å²) in [6.45, 7) is 5.38. The quantitative estimate of drug-likeness (QED) is 0.900. The average Bonchev–Trinajstić information content (AvgIpc) is 2.33. The molecular weight excluding hydrogens is 291 g/mol. The lowest BCUT2D eigenvalue weighted by molar-refractivity contribution is -0.137. The van der Waals surface area contributed by atoms with Gasteiger partial charge in [0.1, 0.15) is 5.72 Å². The van der Waals surface area contributed by atoms with Crippen LogP contribution in [0.2, 0.25) is 0 Å². The van der Waals surface area contributed by atoms with Crippen LogP contribution in [0.3, 0.4) is 0 Å². The van der Waals surface area contributed by atoms with E-state index < -0.39 is 17.5 Å². The summed E-state index contributed by atoms with van der Waals surface area (Å²) in [4.78, 5) is 0. The fourth-order valence-electron chi connectivity index (χ4n) is 2.19. The van der Waals surface area contributed by atoms with Crippen LogP contribution in [0.25, 0.3) is 0 Å². The fraction of sp³-hybridized carbons (Fsp3) is 0.571. The highest BCUT2D eigenvalue weighted by Crippen LogP contribution is 2.30. The number of alkyl halides is 3. The van der Waals surface area contributed by atoms with E-state index in [1.165, 1.54) is 12.1 Å². The molecule has 1 saturated heterocycles. The topological polar surface area (TPSA) is 21.3 Å². The summed E-state index contributed by atoms with van der Waals surface area (Å²) in [6.07, 6.45) is -3.88. The minimum absolute atomic E-state index is 0. The van der Waals surface area contributed by atoms with Crippen molar-refractivity contribution < 1.29 is 17.9 Å². The Balaban J connectivity index is 0.00000200. The van der Waals surface area contributed by atoms with Gasteiger partial charge in [0, 0.05) is 13.0 Å². The van der Waals surface area contributed by atoms with Gasteiger partial charge in [0.05, 0.1) is 12.2 Å². The van der Waals surface area contributed by atoms with E-state index >= 15 is 0 Å². The largest absolute Gasteiger partial charge is 0.416 e. The van der Waals surface area contributed by atoms with Gasteiger partial charge in [-0.2, -0.15) is 13.2 Å². The number of rotatable bonds is 2. The second-order valence-corrected chi connectivity index (χ2v) is 5.40. The van der Waals surface area contributed by atoms with Crippen LogP contribution in [0, 0.1) is 5.92 Å². The predicted molar refractivity (Wildman–Crippen MR) is 73.9 cm³/mol. The third-order valence-corrected chi connectivity index (χ3v) is 3.31. The molecular formula is C14H19ClF3NO. The molecule has 0 saturated carbocycles. The van der Waals surface area contributed by atoms with E-state index in [-0.39, 0.29) is 12.4 Å². The van der Waals surface area contributed by atoms with Gasteiger partial charge in [-0.05, 0) is 24.5 Å². The van der Waals surface area contributed by atoms with E-state index in [0.29, 0.717) is 24.5 Å². The van der Waals surface area contributed by atoms with Crippen molar-refractivity contribution in [1.82, 2.24) is 5.32 Å². The number of hydrogen-bond donors (Lipinski definition) is 1. The maximum Gasteiger partial charge on any atom is 0.416 e. The highest BCUT2D eigenvalue weighted by Gasteiger charge is 2.33. The molecule has 0 amide bonds. The van der Waals surface area contributed by atoms with Crippen molar-refractivity contribution in [1.29, 1.82) is 0 Å². The van der Waals surface area contributed by atoms with Gasteiger partial charge in [-0.25, -0.2) is 0 Å². The van der Waals surface area contributed by atoms with Crippen LogP contribution in [0.5, 0.6) is 0 Å². The van der Waals surface area contributed by atoms with Crippen molar-refractivity contribution in [2.24, 2.45) is 5.92 Å². The molecule has 2 rings (SSSR count). The van der Waals surface area contributed by atoms with Crippen LogP contribution in [0.4, 0.5) is 13.2 Å². The molecule has 1 aliphatic rings. The van der Waals surface area contributed by atoms with E-state index in [9.17, 15) is 13.2 Å². The average molecular weight is 310 g/mol. The molecule has 2 unspecified atom stereocenters. The first-order chi connectivity index (χ1) is 8.78. The Morgan fingerprint density at radius 2 is 2.10 bits per heavy atom. The monoisotopic (exact) mass is 309 g/mol. The Hall–Kier alpha value is -0.780. The molecule has 1 aromatic rings. The molecule has 2 atom stereocenters. The molecule has 0 radical (unpaired) electrons. The molecule has 1 aromatic carbocycles. The Morgan fingerprint density at radius 1 is 1.40 bits per heavy atom. The maximum absolute atomic E-state index is 12.6. The highest BCUT2D eigenvalue weighted by molar-refractivity contribution is 5.85. The Kier molecular flexibility index (Phi) is 5.46. The van der Waals surface area contributed by atoms with Crippen LogP contribution < -0.4 is 5.32 Å². The van der Waals surface area contributed by atoms with Crippen LogP contribution >= 0.6 is 12.4 Å². The number of halogens is 4. The Labute approximate surface area is 123 Å². The normalized spacial score (nSPS) is 26.9. The van der Waals surface area contributed by atoms with Gasteiger partial charge < -0.3 is 4.74 Å². The second-order valence-electron chi connectivity index (χ2n) is 5.40. The lowest BCUT2D eigenvalue weighted by Gasteiger charge is -2.38. The predicted octanol–water partition coefficient (Wildman–Crippen LogP) is 3.64. The maximum atomic E-state index is 12.6. The highest BCUT2D eigenvalue weighted by atomic mass is 35.5. The summed E-state index contributed by atoms with van der Waals surface area (Å²) in [6, 6.07) is 5.41. The summed E-state index contributed by atoms with van der Waals surface area (Å²) in [7, 11) is 0. The fourth-order valence-corrected chi connectivity index (χ4v) is 2.19. The third-order valence-electron chi connectivity index (χ3n) is 3.31. The molecule has 6 heteroatoms. The molecule has 0 aromatic heterocycles. The summed E-state index contributed by atoms with van der Waals surface area (Å²) >= 11 is 0. The lowest BCUT2D eigenvalue weighted by Crippen LogP contribution is -2.53. The van der Waals surface area contributed by atoms with Crippen molar-refractivity contribution in [2.75, 3.05) is 13.2 Å². The first kappa shape index (κ1) is 17.3. The summed E-state index contributed by atoms with van der Waals surface area (Å²) in [5.74, 6) is 0.426. The molecule has 0 spiro atoms. The lowest BCUT2D eigenvalue weighted by atomic mass is 9.99. The number of nitrogens with one attached hydrogen (secondary N) is 1. The SMILES string of the molecule is CC1CNC(C)(Cc2cccc(C(F)(F)F)c2)OC1.Cl. The molecule has 1 aliphatic heterocycles. The Morgan fingerprint density at radius 3 is 2.65 bits per heavy atom. The molecule has 1 heterocycles. The van der Waals surface area contributed by atoms with Gasteiger partial charge in [-0.1, -0.05) is 25.1 Å². The Bertz CT molecular complexity index is 442. The molecule has 114 valence electrons. The van der Waals surface area contributed by atoms with E-state index in [4.69, 9.17) is 4.74 Å². The van der Waals surface area contributed by atoms with Crippen molar-refractivity contribution >= 4 is 12.4 Å². The third kappa shape index (κ3) is 4.36. The van der Waals surface area contributed by atoms with E-state index in [0.717, 1.165) is 12.6 Å².